The molecule has 0 saturated heterocycles. The van der Waals surface area contributed by atoms with E-state index in [4.69, 9.17) is 18.5 Å². The normalized spacial score (nSPS) is 13.9. The molecule has 0 aromatic rings. The number of unbranched alkanes of at least 4 members (excludes halogenated alkanes) is 23. The highest BCUT2D eigenvalue weighted by molar-refractivity contribution is 7.45. The van der Waals surface area contributed by atoms with Crippen LogP contribution < -0.4 is 4.89 Å². The second-order valence-corrected chi connectivity index (χ2v) is 16.1. The van der Waals surface area contributed by atoms with Gasteiger partial charge < -0.3 is 27.9 Å². The maximum atomic E-state index is 12.3. The van der Waals surface area contributed by atoms with E-state index < -0.39 is 13.9 Å². The smallest absolute Gasteiger partial charge is 0.306 e. The Labute approximate surface area is 291 Å². The quantitative estimate of drug-likeness (QED) is 0.0277. The molecule has 0 aliphatic rings. The van der Waals surface area contributed by atoms with Crippen LogP contribution in [0.1, 0.15) is 181 Å². The van der Waals surface area contributed by atoms with Crippen LogP contribution in [0, 0.1) is 0 Å². The van der Waals surface area contributed by atoms with Crippen molar-refractivity contribution in [1.82, 2.24) is 0 Å². The Morgan fingerprint density at radius 1 is 0.574 bits per heavy atom. The molecule has 0 aromatic carbocycles. The standard InChI is InChI=1S/C38H78NO7P/c1-6-8-10-11-12-13-14-15-16-17-18-19-20-21-22-23-24-25-26-27-28-30-33-43-35-37(46-38(40)31-29-9-7-2)36-45-47(41,42)44-34-32-39(3,4)5/h37H,6-36H2,1-5H3. The number of hydrogen-bond donors (Lipinski definition) is 0. The summed E-state index contributed by atoms with van der Waals surface area (Å²) >= 11 is 0. The molecular weight excluding hydrogens is 613 g/mol. The molecular formula is C38H78NO7P. The number of carbonyl (C=O) groups excluding carboxylic acids is 1. The molecule has 0 spiro atoms. The van der Waals surface area contributed by atoms with E-state index in [0.29, 0.717) is 24.1 Å². The van der Waals surface area contributed by atoms with Gasteiger partial charge in [0.25, 0.3) is 7.82 Å². The molecule has 0 amide bonds. The fourth-order valence-electron chi connectivity index (χ4n) is 5.55. The van der Waals surface area contributed by atoms with E-state index in [-0.39, 0.29) is 25.8 Å². The van der Waals surface area contributed by atoms with Gasteiger partial charge in [-0.1, -0.05) is 162 Å². The van der Waals surface area contributed by atoms with Crippen LogP contribution in [-0.4, -0.2) is 70.7 Å². The van der Waals surface area contributed by atoms with Crippen molar-refractivity contribution < 1.29 is 37.3 Å². The monoisotopic (exact) mass is 692 g/mol. The molecule has 0 rings (SSSR count). The van der Waals surface area contributed by atoms with Gasteiger partial charge in [0.2, 0.25) is 0 Å². The summed E-state index contributed by atoms with van der Waals surface area (Å²) < 4.78 is 34.1. The molecule has 0 heterocycles. The summed E-state index contributed by atoms with van der Waals surface area (Å²) in [5, 5.41) is 0. The minimum absolute atomic E-state index is 0.0295. The Kier molecular flexibility index (Phi) is 32.3. The fraction of sp³-hybridized carbons (Fsp3) is 0.974. The first-order valence-corrected chi connectivity index (χ1v) is 21.2. The van der Waals surface area contributed by atoms with E-state index in [1.54, 1.807) is 0 Å². The molecule has 8 nitrogen and oxygen atoms in total. The van der Waals surface area contributed by atoms with Gasteiger partial charge in [-0.05, 0) is 12.8 Å². The van der Waals surface area contributed by atoms with Crippen LogP contribution in [-0.2, 0) is 27.9 Å². The minimum Gasteiger partial charge on any atom is -0.756 e. The summed E-state index contributed by atoms with van der Waals surface area (Å²) in [6.07, 6.45) is 32.0. The van der Waals surface area contributed by atoms with Gasteiger partial charge in [0.05, 0.1) is 34.4 Å². The molecule has 9 heteroatoms. The molecule has 0 bridgehead atoms. The van der Waals surface area contributed by atoms with Crippen molar-refractivity contribution in [2.24, 2.45) is 0 Å². The summed E-state index contributed by atoms with van der Waals surface area (Å²) in [6.45, 7) is 5.27. The zero-order valence-electron chi connectivity index (χ0n) is 31.7. The summed E-state index contributed by atoms with van der Waals surface area (Å²) in [5.41, 5.74) is 0. The van der Waals surface area contributed by atoms with E-state index in [0.717, 1.165) is 32.1 Å². The maximum Gasteiger partial charge on any atom is 0.306 e. The number of nitrogens with zero attached hydrogens (tertiary/aromatic N) is 1. The summed E-state index contributed by atoms with van der Waals surface area (Å²) in [6, 6.07) is 0. The van der Waals surface area contributed by atoms with Crippen LogP contribution in [0.15, 0.2) is 0 Å². The highest BCUT2D eigenvalue weighted by Gasteiger charge is 2.20. The van der Waals surface area contributed by atoms with Gasteiger partial charge >= 0.3 is 5.97 Å². The van der Waals surface area contributed by atoms with Crippen molar-refractivity contribution in [2.75, 3.05) is 54.1 Å². The van der Waals surface area contributed by atoms with Crippen molar-refractivity contribution in [3.63, 3.8) is 0 Å². The lowest BCUT2D eigenvalue weighted by molar-refractivity contribution is -0.870. The molecule has 0 aromatic heterocycles. The largest absolute Gasteiger partial charge is 0.756 e. The molecule has 0 fully saturated rings. The molecule has 0 aliphatic heterocycles. The van der Waals surface area contributed by atoms with Crippen molar-refractivity contribution in [1.29, 1.82) is 0 Å². The molecule has 0 N–H and O–H groups in total. The average molecular weight is 692 g/mol. The van der Waals surface area contributed by atoms with E-state index in [9.17, 15) is 14.3 Å². The predicted molar refractivity (Wildman–Crippen MR) is 194 cm³/mol. The zero-order valence-corrected chi connectivity index (χ0v) is 32.6. The molecule has 282 valence electrons. The Morgan fingerprint density at radius 2 is 0.979 bits per heavy atom. The van der Waals surface area contributed by atoms with Crippen LogP contribution in [0.5, 0.6) is 0 Å². The number of quaternary nitrogens is 1. The zero-order chi connectivity index (χ0) is 34.9. The van der Waals surface area contributed by atoms with Gasteiger partial charge in [0, 0.05) is 13.0 Å². The van der Waals surface area contributed by atoms with Gasteiger partial charge in [-0.15, -0.1) is 0 Å². The van der Waals surface area contributed by atoms with Crippen LogP contribution in [0.3, 0.4) is 0 Å². The number of esters is 1. The van der Waals surface area contributed by atoms with Crippen molar-refractivity contribution in [3.8, 4) is 0 Å². The Bertz CT molecular complexity index is 731. The number of likely N-dealkylation sites (N-methyl/N-ethyl adjacent to an activating group) is 1. The lowest BCUT2D eigenvalue weighted by Crippen LogP contribution is -2.37. The van der Waals surface area contributed by atoms with Crippen LogP contribution in [0.2, 0.25) is 0 Å². The summed E-state index contributed by atoms with van der Waals surface area (Å²) in [7, 11) is 1.36. The van der Waals surface area contributed by atoms with E-state index in [1.165, 1.54) is 128 Å². The lowest BCUT2D eigenvalue weighted by atomic mass is 10.0. The second-order valence-electron chi connectivity index (χ2n) is 14.7. The van der Waals surface area contributed by atoms with Gasteiger partial charge in [-0.25, -0.2) is 0 Å². The molecule has 0 radical (unpaired) electrons. The van der Waals surface area contributed by atoms with Gasteiger partial charge in [-0.2, -0.15) is 0 Å². The highest BCUT2D eigenvalue weighted by Crippen LogP contribution is 2.38. The lowest BCUT2D eigenvalue weighted by Gasteiger charge is -2.28. The summed E-state index contributed by atoms with van der Waals surface area (Å²) in [5.74, 6) is -0.355. The van der Waals surface area contributed by atoms with E-state index >= 15 is 0 Å². The maximum absolute atomic E-state index is 12.3. The molecule has 0 saturated carbocycles. The first-order chi connectivity index (χ1) is 22.6. The van der Waals surface area contributed by atoms with Crippen molar-refractivity contribution in [3.05, 3.63) is 0 Å². The number of ether oxygens (including phenoxy) is 2. The molecule has 0 aliphatic carbocycles. The van der Waals surface area contributed by atoms with Crippen LogP contribution in [0.4, 0.5) is 0 Å². The van der Waals surface area contributed by atoms with Crippen molar-refractivity contribution in [2.45, 2.75) is 187 Å². The average Bonchev–Trinajstić information content (AvgIpc) is 3.01. The Morgan fingerprint density at radius 3 is 1.40 bits per heavy atom. The minimum atomic E-state index is -4.49. The number of carbonyl (C=O) groups is 1. The topological polar surface area (TPSA) is 94.1 Å². The van der Waals surface area contributed by atoms with Crippen LogP contribution >= 0.6 is 7.82 Å². The fourth-order valence-corrected chi connectivity index (χ4v) is 6.27. The Hall–Kier alpha value is -0.500. The predicted octanol–water partition coefficient (Wildman–Crippen LogP) is 10.3. The highest BCUT2D eigenvalue weighted by atomic mass is 31.2. The number of hydrogen-bond acceptors (Lipinski definition) is 7. The third kappa shape index (κ3) is 36.6. The third-order valence-electron chi connectivity index (χ3n) is 8.66. The third-order valence-corrected chi connectivity index (χ3v) is 9.62. The van der Waals surface area contributed by atoms with E-state index in [2.05, 4.69) is 13.8 Å². The summed E-state index contributed by atoms with van der Waals surface area (Å²) in [4.78, 5) is 24.5. The second kappa shape index (κ2) is 32.7. The molecule has 2 unspecified atom stereocenters. The first-order valence-electron chi connectivity index (χ1n) is 19.8. The van der Waals surface area contributed by atoms with E-state index in [1.807, 2.05) is 21.1 Å². The van der Waals surface area contributed by atoms with Crippen LogP contribution in [0.25, 0.3) is 0 Å². The van der Waals surface area contributed by atoms with Gasteiger partial charge in [-0.3, -0.25) is 9.36 Å². The first kappa shape index (κ1) is 46.5. The van der Waals surface area contributed by atoms with Crippen molar-refractivity contribution >= 4 is 13.8 Å². The van der Waals surface area contributed by atoms with Gasteiger partial charge in [0.1, 0.15) is 19.3 Å². The number of phosphoric acid groups is 1. The number of phosphoric ester groups is 1. The number of rotatable bonds is 37. The Balaban J connectivity index is 3.82. The molecule has 2 atom stereocenters. The van der Waals surface area contributed by atoms with Gasteiger partial charge in [0.15, 0.2) is 0 Å². The SMILES string of the molecule is CCCCCCCCCCCCCCCCCCCCCCCCOCC(COP(=O)([O-])OCC[N+](C)(C)C)OC(=O)CCCCC. The molecule has 47 heavy (non-hydrogen) atoms.